The number of anilines is 1. The zero-order chi connectivity index (χ0) is 17.3. The zero-order valence-corrected chi connectivity index (χ0v) is 14.1. The minimum absolute atomic E-state index is 0.721. The van der Waals surface area contributed by atoms with Crippen LogP contribution in [0.5, 0.6) is 0 Å². The summed E-state index contributed by atoms with van der Waals surface area (Å²) in [4.78, 5) is 11.1. The molecule has 1 fully saturated rings. The molecule has 0 spiro atoms. The van der Waals surface area contributed by atoms with Crippen LogP contribution in [-0.4, -0.2) is 46.5 Å². The number of fused-ring (bicyclic) bond motifs is 1. The Labute approximate surface area is 149 Å². The molecule has 7 nitrogen and oxygen atoms in total. The summed E-state index contributed by atoms with van der Waals surface area (Å²) in [7, 11) is 0. The van der Waals surface area contributed by atoms with Crippen molar-refractivity contribution in [1.29, 1.82) is 0 Å². The third kappa shape index (κ3) is 2.62. The molecule has 0 radical (unpaired) electrons. The first-order valence-corrected chi connectivity index (χ1v) is 8.54. The van der Waals surface area contributed by atoms with Gasteiger partial charge in [-0.05, 0) is 23.8 Å². The van der Waals surface area contributed by atoms with Gasteiger partial charge in [0.1, 0.15) is 17.8 Å². The second kappa shape index (κ2) is 6.27. The van der Waals surface area contributed by atoms with Crippen LogP contribution in [0, 0.1) is 0 Å². The van der Waals surface area contributed by atoms with Gasteiger partial charge in [-0.3, -0.25) is 5.10 Å². The van der Waals surface area contributed by atoms with Gasteiger partial charge in [0.15, 0.2) is 0 Å². The molecule has 130 valence electrons. The fourth-order valence-electron chi connectivity index (χ4n) is 3.26. The SMILES string of the molecule is c1nc(-c2n[nH]c3ccc(-c4ccoc4)cc23)cc(N2CCOCC2)n1. The third-order valence-electron chi connectivity index (χ3n) is 4.65. The van der Waals surface area contributed by atoms with Gasteiger partial charge in [0, 0.05) is 30.1 Å². The van der Waals surface area contributed by atoms with Crippen molar-refractivity contribution in [2.45, 2.75) is 0 Å². The molecule has 0 unspecified atom stereocenters. The van der Waals surface area contributed by atoms with Crippen LogP contribution in [0.15, 0.2) is 53.6 Å². The van der Waals surface area contributed by atoms with Crippen LogP contribution >= 0.6 is 0 Å². The first-order chi connectivity index (χ1) is 12.9. The van der Waals surface area contributed by atoms with Crippen molar-refractivity contribution in [3.8, 4) is 22.5 Å². The highest BCUT2D eigenvalue weighted by atomic mass is 16.5. The monoisotopic (exact) mass is 347 g/mol. The Balaban J connectivity index is 1.57. The number of benzene rings is 1. The molecule has 4 heterocycles. The number of furan rings is 1. The van der Waals surface area contributed by atoms with Crippen molar-refractivity contribution in [3.63, 3.8) is 0 Å². The van der Waals surface area contributed by atoms with Gasteiger partial charge in [0.25, 0.3) is 0 Å². The lowest BCUT2D eigenvalue weighted by atomic mass is 10.0. The summed E-state index contributed by atoms with van der Waals surface area (Å²) in [6, 6.07) is 10.1. The molecule has 1 aliphatic rings. The number of morpholine rings is 1. The van der Waals surface area contributed by atoms with E-state index in [4.69, 9.17) is 9.15 Å². The Morgan fingerprint density at radius 2 is 1.92 bits per heavy atom. The molecule has 0 atom stereocenters. The predicted molar refractivity (Wildman–Crippen MR) is 97.9 cm³/mol. The quantitative estimate of drug-likeness (QED) is 0.613. The summed E-state index contributed by atoms with van der Waals surface area (Å²) in [5.41, 5.74) is 4.71. The lowest BCUT2D eigenvalue weighted by molar-refractivity contribution is 0.122. The summed E-state index contributed by atoms with van der Waals surface area (Å²) in [6.07, 6.45) is 5.01. The highest BCUT2D eigenvalue weighted by Gasteiger charge is 2.16. The molecule has 4 aromatic rings. The minimum atomic E-state index is 0.721. The summed E-state index contributed by atoms with van der Waals surface area (Å²) >= 11 is 0. The van der Waals surface area contributed by atoms with Crippen LogP contribution in [0.25, 0.3) is 33.4 Å². The highest BCUT2D eigenvalue weighted by Crippen LogP contribution is 2.30. The Kier molecular flexibility index (Phi) is 3.64. The number of aromatic amines is 1. The number of hydrogen-bond acceptors (Lipinski definition) is 6. The van der Waals surface area contributed by atoms with Gasteiger partial charge in [-0.15, -0.1) is 0 Å². The lowest BCUT2D eigenvalue weighted by Gasteiger charge is -2.27. The second-order valence-corrected chi connectivity index (χ2v) is 6.21. The van der Waals surface area contributed by atoms with Crippen LogP contribution in [0.3, 0.4) is 0 Å². The first kappa shape index (κ1) is 15.1. The molecule has 1 aliphatic heterocycles. The molecule has 0 bridgehead atoms. The molecular weight excluding hydrogens is 330 g/mol. The fourth-order valence-corrected chi connectivity index (χ4v) is 3.26. The first-order valence-electron chi connectivity index (χ1n) is 8.54. The van der Waals surface area contributed by atoms with Crippen molar-refractivity contribution in [2.75, 3.05) is 31.2 Å². The third-order valence-corrected chi connectivity index (χ3v) is 4.65. The Hall–Kier alpha value is -3.19. The fraction of sp³-hybridized carbons (Fsp3) is 0.211. The number of nitrogens with zero attached hydrogens (tertiary/aromatic N) is 4. The van der Waals surface area contributed by atoms with Gasteiger partial charge in [0.2, 0.25) is 0 Å². The normalized spacial score (nSPS) is 14.8. The average Bonchev–Trinajstić information content (AvgIpc) is 3.38. The van der Waals surface area contributed by atoms with Crippen molar-refractivity contribution < 1.29 is 9.15 Å². The molecule has 1 aromatic carbocycles. The van der Waals surface area contributed by atoms with E-state index < -0.39 is 0 Å². The second-order valence-electron chi connectivity index (χ2n) is 6.21. The summed E-state index contributed by atoms with van der Waals surface area (Å²) in [5, 5.41) is 8.61. The lowest BCUT2D eigenvalue weighted by Crippen LogP contribution is -2.36. The predicted octanol–water partition coefficient (Wildman–Crippen LogP) is 3.12. The number of rotatable bonds is 3. The van der Waals surface area contributed by atoms with Gasteiger partial charge < -0.3 is 14.1 Å². The maximum Gasteiger partial charge on any atom is 0.132 e. The maximum absolute atomic E-state index is 5.42. The summed E-state index contributed by atoms with van der Waals surface area (Å²) < 4.78 is 10.6. The minimum Gasteiger partial charge on any atom is -0.472 e. The van der Waals surface area contributed by atoms with Crippen molar-refractivity contribution in [3.05, 3.63) is 49.2 Å². The molecule has 1 saturated heterocycles. The average molecular weight is 347 g/mol. The number of ether oxygens (including phenoxy) is 1. The molecule has 3 aromatic heterocycles. The summed E-state index contributed by atoms with van der Waals surface area (Å²) in [6.45, 7) is 3.11. The van der Waals surface area contributed by atoms with Crippen molar-refractivity contribution >= 4 is 16.7 Å². The van der Waals surface area contributed by atoms with Crippen LogP contribution in [0.1, 0.15) is 0 Å². The molecule has 0 amide bonds. The largest absolute Gasteiger partial charge is 0.472 e. The standard InChI is InChI=1S/C19H17N5O2/c1-2-16-15(9-13(1)14-3-6-26-11-14)19(23-22-16)17-10-18(21-12-20-17)24-4-7-25-8-5-24/h1-3,6,9-12H,4-5,7-8H2,(H,22,23). The maximum atomic E-state index is 5.42. The summed E-state index contributed by atoms with van der Waals surface area (Å²) in [5.74, 6) is 0.903. The van der Waals surface area contributed by atoms with Gasteiger partial charge in [0.05, 0.1) is 37.0 Å². The molecular formula is C19H17N5O2. The Morgan fingerprint density at radius 1 is 1.00 bits per heavy atom. The molecule has 0 saturated carbocycles. The number of aromatic nitrogens is 4. The Bertz CT molecular complexity index is 1040. The number of nitrogens with one attached hydrogen (secondary N) is 1. The van der Waals surface area contributed by atoms with Crippen molar-refractivity contribution in [2.24, 2.45) is 0 Å². The van der Waals surface area contributed by atoms with E-state index in [1.54, 1.807) is 18.9 Å². The van der Waals surface area contributed by atoms with E-state index in [2.05, 4.69) is 31.1 Å². The van der Waals surface area contributed by atoms with E-state index in [0.29, 0.717) is 0 Å². The van der Waals surface area contributed by atoms with Gasteiger partial charge in [-0.25, -0.2) is 9.97 Å². The topological polar surface area (TPSA) is 80.1 Å². The van der Waals surface area contributed by atoms with Crippen LogP contribution < -0.4 is 4.90 Å². The van der Waals surface area contributed by atoms with Gasteiger partial charge in [-0.1, -0.05) is 6.07 Å². The van der Waals surface area contributed by atoms with E-state index in [-0.39, 0.29) is 0 Å². The van der Waals surface area contributed by atoms with Crippen LogP contribution in [0.4, 0.5) is 5.82 Å². The van der Waals surface area contributed by atoms with Crippen LogP contribution in [0.2, 0.25) is 0 Å². The zero-order valence-electron chi connectivity index (χ0n) is 14.1. The van der Waals surface area contributed by atoms with Gasteiger partial charge in [-0.2, -0.15) is 5.10 Å². The molecule has 1 N–H and O–H groups in total. The molecule has 0 aliphatic carbocycles. The smallest absolute Gasteiger partial charge is 0.132 e. The number of H-pyrrole nitrogens is 1. The van der Waals surface area contributed by atoms with Crippen LogP contribution in [-0.2, 0) is 4.74 Å². The highest BCUT2D eigenvalue weighted by molar-refractivity contribution is 5.95. The van der Waals surface area contributed by atoms with Crippen molar-refractivity contribution in [1.82, 2.24) is 20.2 Å². The molecule has 5 rings (SSSR count). The van der Waals surface area contributed by atoms with E-state index >= 15 is 0 Å². The Morgan fingerprint density at radius 3 is 2.77 bits per heavy atom. The van der Waals surface area contributed by atoms with E-state index in [9.17, 15) is 0 Å². The van der Waals surface area contributed by atoms with E-state index in [0.717, 1.165) is 65.5 Å². The number of hydrogen-bond donors (Lipinski definition) is 1. The van der Waals surface area contributed by atoms with Gasteiger partial charge >= 0.3 is 0 Å². The molecule has 7 heteroatoms. The van der Waals surface area contributed by atoms with E-state index in [1.807, 2.05) is 24.3 Å². The molecule has 26 heavy (non-hydrogen) atoms. The van der Waals surface area contributed by atoms with E-state index in [1.165, 1.54) is 0 Å².